The molecular formula is C16H25N3O. The molecule has 0 aliphatic rings. The molecule has 4 heteroatoms. The molecule has 0 atom stereocenters. The number of benzene rings is 1. The smallest absolute Gasteiger partial charge is 0.243 e. The minimum Gasteiger partial charge on any atom is -0.353 e. The third-order valence-electron chi connectivity index (χ3n) is 2.86. The number of nitrogens with one attached hydrogen (secondary N) is 2. The zero-order chi connectivity index (χ0) is 14.5. The van der Waals surface area contributed by atoms with Gasteiger partial charge in [0.2, 0.25) is 5.91 Å². The van der Waals surface area contributed by atoms with E-state index in [9.17, 15) is 4.79 Å². The average Bonchev–Trinajstić information content (AvgIpc) is 2.49. The fourth-order valence-electron chi connectivity index (χ4n) is 1.74. The van der Waals surface area contributed by atoms with Crippen LogP contribution in [0.25, 0.3) is 6.08 Å². The summed E-state index contributed by atoms with van der Waals surface area (Å²) in [4.78, 5) is 11.6. The number of hydrogen-bond donors (Lipinski definition) is 3. The molecular weight excluding hydrogens is 250 g/mol. The monoisotopic (exact) mass is 275 g/mol. The molecule has 0 saturated heterocycles. The van der Waals surface area contributed by atoms with Gasteiger partial charge < -0.3 is 16.4 Å². The first-order valence-electron chi connectivity index (χ1n) is 7.24. The Labute approximate surface area is 121 Å². The molecule has 0 aliphatic carbocycles. The third-order valence-corrected chi connectivity index (χ3v) is 2.86. The average molecular weight is 275 g/mol. The summed E-state index contributed by atoms with van der Waals surface area (Å²) in [7, 11) is 0. The highest BCUT2D eigenvalue weighted by Crippen LogP contribution is 2.00. The number of nitrogens with two attached hydrogens (primary N) is 1. The van der Waals surface area contributed by atoms with Crippen molar-refractivity contribution in [3.8, 4) is 0 Å². The molecule has 0 saturated carbocycles. The van der Waals surface area contributed by atoms with Crippen molar-refractivity contribution >= 4 is 12.0 Å². The van der Waals surface area contributed by atoms with Gasteiger partial charge in [0.05, 0.1) is 0 Å². The van der Waals surface area contributed by atoms with Crippen molar-refractivity contribution in [1.82, 2.24) is 10.6 Å². The second-order valence-electron chi connectivity index (χ2n) is 4.63. The van der Waals surface area contributed by atoms with E-state index in [1.165, 1.54) is 0 Å². The number of carbonyl (C=O) groups is 1. The van der Waals surface area contributed by atoms with E-state index in [1.54, 1.807) is 6.08 Å². The highest BCUT2D eigenvalue weighted by Gasteiger charge is 1.94. The van der Waals surface area contributed by atoms with E-state index < -0.39 is 0 Å². The van der Waals surface area contributed by atoms with Crippen LogP contribution in [-0.2, 0) is 4.79 Å². The second-order valence-corrected chi connectivity index (χ2v) is 4.63. The van der Waals surface area contributed by atoms with Gasteiger partial charge in [0.25, 0.3) is 0 Å². The summed E-state index contributed by atoms with van der Waals surface area (Å²) < 4.78 is 0. The van der Waals surface area contributed by atoms with Gasteiger partial charge in [0.15, 0.2) is 0 Å². The summed E-state index contributed by atoms with van der Waals surface area (Å²) in [6, 6.07) is 9.80. The van der Waals surface area contributed by atoms with Crippen LogP contribution in [0.1, 0.15) is 24.8 Å². The molecule has 1 rings (SSSR count). The molecule has 0 fully saturated rings. The molecule has 0 radical (unpaired) electrons. The maximum absolute atomic E-state index is 11.6. The normalized spacial score (nSPS) is 10.8. The first-order chi connectivity index (χ1) is 9.83. The molecule has 0 heterocycles. The summed E-state index contributed by atoms with van der Waals surface area (Å²) in [6.07, 6.45) is 6.51. The first kappa shape index (κ1) is 16.4. The summed E-state index contributed by atoms with van der Waals surface area (Å²) >= 11 is 0. The Balaban J connectivity index is 2.02. The van der Waals surface area contributed by atoms with E-state index in [2.05, 4.69) is 10.6 Å². The minimum atomic E-state index is -0.0445. The molecule has 4 nitrogen and oxygen atoms in total. The van der Waals surface area contributed by atoms with Gasteiger partial charge >= 0.3 is 0 Å². The van der Waals surface area contributed by atoms with Crippen molar-refractivity contribution in [3.63, 3.8) is 0 Å². The Morgan fingerprint density at radius 1 is 1.05 bits per heavy atom. The summed E-state index contributed by atoms with van der Waals surface area (Å²) in [6.45, 7) is 3.37. The van der Waals surface area contributed by atoms with Crippen molar-refractivity contribution < 1.29 is 4.79 Å². The lowest BCUT2D eigenvalue weighted by atomic mass is 10.2. The molecule has 1 amide bonds. The van der Waals surface area contributed by atoms with E-state index in [0.717, 1.165) is 44.5 Å². The van der Waals surface area contributed by atoms with Crippen LogP contribution in [0, 0.1) is 0 Å². The molecule has 20 heavy (non-hydrogen) atoms. The molecule has 0 unspecified atom stereocenters. The Kier molecular flexibility index (Phi) is 9.19. The molecule has 0 spiro atoms. The number of hydrogen-bond acceptors (Lipinski definition) is 3. The maximum Gasteiger partial charge on any atom is 0.243 e. The van der Waals surface area contributed by atoms with Crippen LogP contribution >= 0.6 is 0 Å². The van der Waals surface area contributed by atoms with Crippen molar-refractivity contribution in [2.24, 2.45) is 5.73 Å². The zero-order valence-corrected chi connectivity index (χ0v) is 12.0. The molecule has 4 N–H and O–H groups in total. The maximum atomic E-state index is 11.6. The minimum absolute atomic E-state index is 0.0445. The first-order valence-corrected chi connectivity index (χ1v) is 7.24. The van der Waals surface area contributed by atoms with Crippen LogP contribution in [0.15, 0.2) is 36.4 Å². The van der Waals surface area contributed by atoms with Gasteiger partial charge in [-0.25, -0.2) is 0 Å². The van der Waals surface area contributed by atoms with E-state index >= 15 is 0 Å². The van der Waals surface area contributed by atoms with E-state index in [4.69, 9.17) is 5.73 Å². The predicted octanol–water partition coefficient (Wildman–Crippen LogP) is 1.53. The van der Waals surface area contributed by atoms with E-state index in [0.29, 0.717) is 6.54 Å². The summed E-state index contributed by atoms with van der Waals surface area (Å²) in [5, 5.41) is 6.20. The van der Waals surface area contributed by atoms with Gasteiger partial charge in [0, 0.05) is 12.6 Å². The predicted molar refractivity (Wildman–Crippen MR) is 84.3 cm³/mol. The quantitative estimate of drug-likeness (QED) is 0.448. The highest BCUT2D eigenvalue weighted by atomic mass is 16.1. The standard InChI is InChI=1S/C16H25N3O/c17-11-4-5-12-18-13-6-14-19-16(20)10-9-15-7-2-1-3-8-15/h1-3,7-10,18H,4-6,11-14,17H2,(H,19,20)/b10-9+. The van der Waals surface area contributed by atoms with Gasteiger partial charge in [-0.3, -0.25) is 4.79 Å². The zero-order valence-electron chi connectivity index (χ0n) is 12.0. The Hall–Kier alpha value is -1.65. The van der Waals surface area contributed by atoms with Crippen molar-refractivity contribution in [3.05, 3.63) is 42.0 Å². The van der Waals surface area contributed by atoms with Gasteiger partial charge in [0.1, 0.15) is 0 Å². The van der Waals surface area contributed by atoms with Gasteiger partial charge in [-0.15, -0.1) is 0 Å². The number of carbonyl (C=O) groups excluding carboxylic acids is 1. The van der Waals surface area contributed by atoms with Crippen LogP contribution in [-0.4, -0.2) is 32.1 Å². The number of rotatable bonds is 10. The highest BCUT2D eigenvalue weighted by molar-refractivity contribution is 5.91. The van der Waals surface area contributed by atoms with Gasteiger partial charge in [-0.2, -0.15) is 0 Å². The Morgan fingerprint density at radius 2 is 1.80 bits per heavy atom. The van der Waals surface area contributed by atoms with Crippen molar-refractivity contribution in [1.29, 1.82) is 0 Å². The van der Waals surface area contributed by atoms with Crippen LogP contribution in [0.4, 0.5) is 0 Å². The largest absolute Gasteiger partial charge is 0.353 e. The lowest BCUT2D eigenvalue weighted by Crippen LogP contribution is -2.26. The second kappa shape index (κ2) is 11.2. The van der Waals surface area contributed by atoms with Gasteiger partial charge in [-0.1, -0.05) is 30.3 Å². The Bertz CT molecular complexity index is 390. The van der Waals surface area contributed by atoms with Crippen LogP contribution < -0.4 is 16.4 Å². The summed E-state index contributed by atoms with van der Waals surface area (Å²) in [5.74, 6) is -0.0445. The molecule has 110 valence electrons. The third kappa shape index (κ3) is 8.45. The van der Waals surface area contributed by atoms with Crippen LogP contribution in [0.3, 0.4) is 0 Å². The van der Waals surface area contributed by atoms with E-state index in [-0.39, 0.29) is 5.91 Å². The fraction of sp³-hybridized carbons (Fsp3) is 0.438. The topological polar surface area (TPSA) is 67.2 Å². The van der Waals surface area contributed by atoms with Crippen LogP contribution in [0.2, 0.25) is 0 Å². The molecule has 0 bridgehead atoms. The SMILES string of the molecule is NCCCCNCCCNC(=O)/C=C/c1ccccc1. The fourth-order valence-corrected chi connectivity index (χ4v) is 1.74. The molecule has 0 aliphatic heterocycles. The molecule has 0 aromatic heterocycles. The van der Waals surface area contributed by atoms with Gasteiger partial charge in [-0.05, 0) is 50.5 Å². The lowest BCUT2D eigenvalue weighted by Gasteiger charge is -2.04. The number of unbranched alkanes of at least 4 members (excludes halogenated alkanes) is 1. The summed E-state index contributed by atoms with van der Waals surface area (Å²) in [5.41, 5.74) is 6.44. The van der Waals surface area contributed by atoms with E-state index in [1.807, 2.05) is 36.4 Å². The van der Waals surface area contributed by atoms with Crippen molar-refractivity contribution in [2.75, 3.05) is 26.2 Å². The Morgan fingerprint density at radius 3 is 2.55 bits per heavy atom. The van der Waals surface area contributed by atoms with Crippen molar-refractivity contribution in [2.45, 2.75) is 19.3 Å². The van der Waals surface area contributed by atoms with Crippen LogP contribution in [0.5, 0.6) is 0 Å². The molecule has 1 aromatic carbocycles. The number of amides is 1. The lowest BCUT2D eigenvalue weighted by molar-refractivity contribution is -0.116. The molecule has 1 aromatic rings.